The third kappa shape index (κ3) is 2.98. The lowest BCUT2D eigenvalue weighted by molar-refractivity contribution is -0.665. The van der Waals surface area contributed by atoms with E-state index in [1.165, 1.54) is 39.0 Å². The number of nitrogens with zero attached hydrogens (tertiary/aromatic N) is 2. The molecule has 0 radical (unpaired) electrons. The molecule has 0 fully saturated rings. The molecule has 4 rings (SSSR count). The molecule has 2 nitrogen and oxygen atoms in total. The van der Waals surface area contributed by atoms with Crippen molar-refractivity contribution in [3.63, 3.8) is 0 Å². The molecule has 27 heavy (non-hydrogen) atoms. The molecule has 4 aromatic rings. The lowest BCUT2D eigenvalue weighted by Crippen LogP contribution is -2.35. The zero-order valence-corrected chi connectivity index (χ0v) is 15.8. The Hall–Kier alpha value is -3.44. The summed E-state index contributed by atoms with van der Waals surface area (Å²) in [5, 5.41) is 2.28. The van der Waals surface area contributed by atoms with E-state index in [9.17, 15) is 0 Å². The van der Waals surface area contributed by atoms with Gasteiger partial charge in [0.1, 0.15) is 7.05 Å². The maximum Gasteiger partial charge on any atom is 0.220 e. The highest BCUT2D eigenvalue weighted by molar-refractivity contribution is 5.96. The van der Waals surface area contributed by atoms with Gasteiger partial charge in [0.05, 0.1) is 12.0 Å². The first-order valence-corrected chi connectivity index (χ1v) is 9.06. The van der Waals surface area contributed by atoms with Crippen LogP contribution in [-0.4, -0.2) is 0 Å². The molecule has 1 aromatic heterocycles. The second kappa shape index (κ2) is 6.70. The van der Waals surface area contributed by atoms with Crippen LogP contribution in [0.3, 0.4) is 0 Å². The average molecular weight is 349 g/mol. The molecule has 0 bridgehead atoms. The van der Waals surface area contributed by atoms with Crippen LogP contribution in [0.1, 0.15) is 11.3 Å². The van der Waals surface area contributed by atoms with Gasteiger partial charge in [0.2, 0.25) is 5.69 Å². The van der Waals surface area contributed by atoms with E-state index in [1.54, 1.807) is 0 Å². The first-order chi connectivity index (χ1) is 13.1. The third-order valence-corrected chi connectivity index (χ3v) is 5.24. The van der Waals surface area contributed by atoms with Gasteiger partial charge in [-0.05, 0) is 41.1 Å². The second-order valence-corrected chi connectivity index (χ2v) is 6.97. The van der Waals surface area contributed by atoms with Gasteiger partial charge in [-0.2, -0.15) is 4.57 Å². The van der Waals surface area contributed by atoms with Crippen LogP contribution < -0.4 is 4.57 Å². The lowest BCUT2D eigenvalue weighted by Gasteiger charge is -2.12. The van der Waals surface area contributed by atoms with Crippen molar-refractivity contribution in [3.8, 4) is 22.4 Å². The molecule has 130 valence electrons. The normalized spacial score (nSPS) is 10.7. The minimum Gasteiger partial charge on any atom is -0.238 e. The Morgan fingerprint density at radius 2 is 1.59 bits per heavy atom. The topological polar surface area (TPSA) is 8.24 Å². The first-order valence-electron chi connectivity index (χ1n) is 9.06. The van der Waals surface area contributed by atoms with Crippen molar-refractivity contribution < 1.29 is 4.57 Å². The van der Waals surface area contributed by atoms with Crippen molar-refractivity contribution >= 4 is 16.5 Å². The predicted octanol–water partition coefficient (Wildman–Crippen LogP) is 6.17. The van der Waals surface area contributed by atoms with E-state index in [2.05, 4.69) is 84.9 Å². The summed E-state index contributed by atoms with van der Waals surface area (Å²) >= 11 is 0. The van der Waals surface area contributed by atoms with Gasteiger partial charge in [0.15, 0.2) is 11.4 Å². The quantitative estimate of drug-likeness (QED) is 0.302. The van der Waals surface area contributed by atoms with Crippen molar-refractivity contribution in [2.45, 2.75) is 13.8 Å². The summed E-state index contributed by atoms with van der Waals surface area (Å²) in [5.74, 6) is 0. The number of aryl methyl sites for hydroxylation is 2. The molecular weight excluding hydrogens is 328 g/mol. The van der Waals surface area contributed by atoms with Crippen LogP contribution in [0.4, 0.5) is 5.69 Å². The summed E-state index contributed by atoms with van der Waals surface area (Å²) in [6.45, 7) is 11.6. The summed E-state index contributed by atoms with van der Waals surface area (Å²) in [7, 11) is 2.11. The molecule has 0 N–H and O–H groups in total. The van der Waals surface area contributed by atoms with Gasteiger partial charge in [-0.3, -0.25) is 0 Å². The Bertz CT molecular complexity index is 1200. The van der Waals surface area contributed by atoms with Crippen LogP contribution in [-0.2, 0) is 7.05 Å². The first kappa shape index (κ1) is 17.0. The van der Waals surface area contributed by atoms with Crippen molar-refractivity contribution in [2.24, 2.45) is 7.05 Å². The molecule has 0 aliphatic heterocycles. The number of rotatable bonds is 2. The van der Waals surface area contributed by atoms with Gasteiger partial charge < -0.3 is 0 Å². The fraction of sp³-hybridized carbons (Fsp3) is 0.120. The molecule has 1 heterocycles. The largest absolute Gasteiger partial charge is 0.238 e. The number of aromatic nitrogens is 1. The van der Waals surface area contributed by atoms with E-state index in [1.807, 2.05) is 18.2 Å². The van der Waals surface area contributed by atoms with Crippen molar-refractivity contribution in [1.82, 2.24) is 0 Å². The fourth-order valence-electron chi connectivity index (χ4n) is 3.70. The molecule has 0 amide bonds. The van der Waals surface area contributed by atoms with Gasteiger partial charge in [-0.1, -0.05) is 54.6 Å². The number of hydrogen-bond donors (Lipinski definition) is 0. The summed E-state index contributed by atoms with van der Waals surface area (Å²) in [5.41, 5.74) is 7.97. The molecule has 0 saturated carbocycles. The predicted molar refractivity (Wildman–Crippen MR) is 112 cm³/mol. The van der Waals surface area contributed by atoms with Gasteiger partial charge in [-0.15, -0.1) is 0 Å². The van der Waals surface area contributed by atoms with Crippen LogP contribution in [0.2, 0.25) is 0 Å². The van der Waals surface area contributed by atoms with E-state index in [4.69, 9.17) is 6.57 Å². The monoisotopic (exact) mass is 349 g/mol. The second-order valence-electron chi connectivity index (χ2n) is 6.97. The zero-order valence-electron chi connectivity index (χ0n) is 15.8. The van der Waals surface area contributed by atoms with Gasteiger partial charge in [-0.25, -0.2) is 4.85 Å². The average Bonchev–Trinajstić information content (AvgIpc) is 2.70. The van der Waals surface area contributed by atoms with E-state index in [0.717, 1.165) is 5.39 Å². The summed E-state index contributed by atoms with van der Waals surface area (Å²) < 4.78 is 2.24. The lowest BCUT2D eigenvalue weighted by atomic mass is 9.95. The van der Waals surface area contributed by atoms with Crippen molar-refractivity contribution in [1.29, 1.82) is 0 Å². The highest BCUT2D eigenvalue weighted by Crippen LogP contribution is 2.33. The smallest absolute Gasteiger partial charge is 0.220 e. The maximum absolute atomic E-state index is 7.29. The third-order valence-electron chi connectivity index (χ3n) is 5.24. The van der Waals surface area contributed by atoms with Crippen LogP contribution >= 0.6 is 0 Å². The number of benzene rings is 3. The molecule has 0 aliphatic rings. The SMILES string of the molecule is [C-]#[N+]c1ccc2c(-c3ccc(-c4ccccc4)cc3C)[n+](C)c(C)cc2c1. The zero-order chi connectivity index (χ0) is 19.0. The summed E-state index contributed by atoms with van der Waals surface area (Å²) in [6, 6.07) is 25.2. The van der Waals surface area contributed by atoms with Crippen LogP contribution in [0.15, 0.2) is 72.8 Å². The highest BCUT2D eigenvalue weighted by atomic mass is 14.9. The van der Waals surface area contributed by atoms with Crippen LogP contribution in [0.5, 0.6) is 0 Å². The highest BCUT2D eigenvalue weighted by Gasteiger charge is 2.20. The van der Waals surface area contributed by atoms with E-state index in [-0.39, 0.29) is 0 Å². The molecule has 0 spiro atoms. The number of pyridine rings is 1. The van der Waals surface area contributed by atoms with Crippen molar-refractivity contribution in [3.05, 3.63) is 95.5 Å². The minimum absolute atomic E-state index is 0.679. The Morgan fingerprint density at radius 1 is 0.815 bits per heavy atom. The number of hydrogen-bond acceptors (Lipinski definition) is 0. The standard InChI is InChI=1S/C25H21N2/c1-17-14-20(19-8-6-5-7-9-19)10-12-23(17)25-24-13-11-22(26-3)16-21(24)15-18(2)27(25)4/h5-16H,1-2,4H3/q+1. The molecule has 0 atom stereocenters. The molecule has 0 aliphatic carbocycles. The molecule has 3 aromatic carbocycles. The fourth-order valence-corrected chi connectivity index (χ4v) is 3.70. The maximum atomic E-state index is 7.29. The van der Waals surface area contributed by atoms with Crippen molar-refractivity contribution in [2.75, 3.05) is 0 Å². The molecular formula is C25H21N2+. The minimum atomic E-state index is 0.679. The van der Waals surface area contributed by atoms with Crippen LogP contribution in [0, 0.1) is 20.4 Å². The number of fused-ring (bicyclic) bond motifs is 1. The molecule has 0 unspecified atom stereocenters. The summed E-state index contributed by atoms with van der Waals surface area (Å²) in [4.78, 5) is 3.58. The van der Waals surface area contributed by atoms with E-state index in [0.29, 0.717) is 5.69 Å². The van der Waals surface area contributed by atoms with E-state index >= 15 is 0 Å². The van der Waals surface area contributed by atoms with Crippen LogP contribution in [0.25, 0.3) is 38.0 Å². The van der Waals surface area contributed by atoms with Gasteiger partial charge in [0.25, 0.3) is 0 Å². The Labute approximate surface area is 160 Å². The Morgan fingerprint density at radius 3 is 2.30 bits per heavy atom. The summed E-state index contributed by atoms with van der Waals surface area (Å²) in [6.07, 6.45) is 0. The van der Waals surface area contributed by atoms with Gasteiger partial charge >= 0.3 is 0 Å². The van der Waals surface area contributed by atoms with Gasteiger partial charge in [0, 0.05) is 18.6 Å². The van der Waals surface area contributed by atoms with E-state index < -0.39 is 0 Å². The Balaban J connectivity index is 1.95. The molecule has 0 saturated heterocycles. The Kier molecular flexibility index (Phi) is 4.22. The molecule has 2 heteroatoms.